The molecule has 1 aromatic heterocycles. The summed E-state index contributed by atoms with van der Waals surface area (Å²) < 4.78 is 2.38. The molecule has 9 aromatic carbocycles. The molecule has 0 N–H and O–H groups in total. The van der Waals surface area contributed by atoms with Crippen molar-refractivity contribution in [3.05, 3.63) is 229 Å². The number of nitrogens with zero attached hydrogens (tertiary/aromatic N) is 2. The zero-order valence-electron chi connectivity index (χ0n) is 34.2. The number of hydrogen-bond acceptors (Lipinski definition) is 1. The van der Waals surface area contributed by atoms with Crippen LogP contribution in [0.2, 0.25) is 0 Å². The molecule has 0 bridgehead atoms. The van der Waals surface area contributed by atoms with Gasteiger partial charge in [0.25, 0.3) is 0 Å². The molecule has 0 amide bonds. The van der Waals surface area contributed by atoms with Gasteiger partial charge in [-0.05, 0) is 140 Å². The number of fused-ring (bicyclic) bond motifs is 8. The summed E-state index contributed by atoms with van der Waals surface area (Å²) in [6.07, 6.45) is 4.67. The van der Waals surface area contributed by atoms with Crippen molar-refractivity contribution in [3.8, 4) is 50.2 Å². The SMILES string of the molecule is CC1(C)c2ccccc2-c2cc3c(cc21)C=Cc1cc(-c2ccc4c(c2)c2ccccc2n4-c2ccccc2)ccc1N3c1cc(-c2ccccc2)cc(-c2ccccc2)c1. The first-order chi connectivity index (χ1) is 30.0. The highest BCUT2D eigenvalue weighted by molar-refractivity contribution is 6.10. The van der Waals surface area contributed by atoms with Crippen LogP contribution in [0, 0.1) is 0 Å². The van der Waals surface area contributed by atoms with Crippen LogP contribution in [0.5, 0.6) is 0 Å². The van der Waals surface area contributed by atoms with Crippen molar-refractivity contribution in [2.45, 2.75) is 19.3 Å². The Balaban J connectivity index is 1.07. The first kappa shape index (κ1) is 35.3. The number of para-hydroxylation sites is 2. The van der Waals surface area contributed by atoms with E-state index >= 15 is 0 Å². The van der Waals surface area contributed by atoms with E-state index in [9.17, 15) is 0 Å². The molecule has 0 saturated heterocycles. The lowest BCUT2D eigenvalue weighted by molar-refractivity contribution is 0.660. The fourth-order valence-corrected chi connectivity index (χ4v) is 10.1. The Morgan fingerprint density at radius 2 is 0.934 bits per heavy atom. The standard InChI is InChI=1S/C59H42N2/c1-59(2)53-24-14-12-22-49(53)51-38-58-44(37-54(51)59)27-26-43-32-41(42-29-31-57-52(36-42)50-23-13-15-25-56(50)60(57)47-20-10-5-11-21-47)28-30-55(43)61(58)48-34-45(39-16-6-3-7-17-39)33-46(35-48)40-18-8-4-9-19-40/h3-38H,1-2H3. The monoisotopic (exact) mass is 778 g/mol. The molecule has 61 heavy (non-hydrogen) atoms. The first-order valence-electron chi connectivity index (χ1n) is 21.3. The first-order valence-corrected chi connectivity index (χ1v) is 21.3. The minimum absolute atomic E-state index is 0.109. The van der Waals surface area contributed by atoms with Crippen LogP contribution in [0.1, 0.15) is 36.1 Å². The van der Waals surface area contributed by atoms with Crippen LogP contribution >= 0.6 is 0 Å². The Morgan fingerprint density at radius 1 is 0.344 bits per heavy atom. The van der Waals surface area contributed by atoms with Gasteiger partial charge in [-0.25, -0.2) is 0 Å². The van der Waals surface area contributed by atoms with Gasteiger partial charge in [0, 0.05) is 27.6 Å². The molecule has 0 spiro atoms. The Bertz CT molecular complexity index is 3310. The minimum Gasteiger partial charge on any atom is -0.309 e. The van der Waals surface area contributed by atoms with Gasteiger partial charge in [0.1, 0.15) is 0 Å². The van der Waals surface area contributed by atoms with E-state index in [1.807, 2.05) is 0 Å². The van der Waals surface area contributed by atoms with E-state index in [1.165, 1.54) is 99.9 Å². The predicted octanol–water partition coefficient (Wildman–Crippen LogP) is 16.0. The van der Waals surface area contributed by atoms with E-state index in [0.717, 1.165) is 11.4 Å². The maximum absolute atomic E-state index is 2.51. The van der Waals surface area contributed by atoms with Gasteiger partial charge in [-0.2, -0.15) is 0 Å². The van der Waals surface area contributed by atoms with Crippen LogP contribution in [0.25, 0.3) is 84.2 Å². The van der Waals surface area contributed by atoms with Crippen LogP contribution in [0.15, 0.2) is 206 Å². The van der Waals surface area contributed by atoms with Crippen molar-refractivity contribution in [2.75, 3.05) is 4.90 Å². The van der Waals surface area contributed by atoms with Gasteiger partial charge in [-0.1, -0.05) is 159 Å². The summed E-state index contributed by atoms with van der Waals surface area (Å²) in [5.41, 5.74) is 21.8. The van der Waals surface area contributed by atoms with Crippen LogP contribution in [0.3, 0.4) is 0 Å². The van der Waals surface area contributed by atoms with Crippen LogP contribution < -0.4 is 4.90 Å². The smallest absolute Gasteiger partial charge is 0.0541 e. The van der Waals surface area contributed by atoms with Crippen LogP contribution in [-0.4, -0.2) is 4.57 Å². The highest BCUT2D eigenvalue weighted by Gasteiger charge is 2.37. The molecule has 2 heterocycles. The molecule has 0 atom stereocenters. The molecule has 2 heteroatoms. The average molecular weight is 779 g/mol. The zero-order chi connectivity index (χ0) is 40.7. The molecule has 0 radical (unpaired) electrons. The number of benzene rings is 9. The maximum atomic E-state index is 2.51. The Kier molecular flexibility index (Phi) is 7.92. The molecule has 0 saturated carbocycles. The minimum atomic E-state index is -0.109. The molecule has 1 aliphatic carbocycles. The molecule has 0 unspecified atom stereocenters. The lowest BCUT2D eigenvalue weighted by Crippen LogP contribution is -2.16. The summed E-state index contributed by atoms with van der Waals surface area (Å²) in [5, 5.41) is 2.50. The molecule has 2 aliphatic rings. The van der Waals surface area contributed by atoms with E-state index in [0.29, 0.717) is 0 Å². The molecule has 1 aliphatic heterocycles. The second-order valence-electron chi connectivity index (χ2n) is 17.0. The molecule has 12 rings (SSSR count). The molecular weight excluding hydrogens is 737 g/mol. The van der Waals surface area contributed by atoms with Crippen LogP contribution in [-0.2, 0) is 5.41 Å². The van der Waals surface area contributed by atoms with E-state index in [4.69, 9.17) is 0 Å². The zero-order valence-corrected chi connectivity index (χ0v) is 34.2. The highest BCUT2D eigenvalue weighted by Crippen LogP contribution is 2.53. The number of anilines is 3. The lowest BCUT2D eigenvalue weighted by Gasteiger charge is -2.30. The maximum Gasteiger partial charge on any atom is 0.0541 e. The Morgan fingerprint density at radius 3 is 1.67 bits per heavy atom. The summed E-state index contributed by atoms with van der Waals surface area (Å²) in [7, 11) is 0. The van der Waals surface area contributed by atoms with Crippen molar-refractivity contribution >= 4 is 51.0 Å². The molecule has 2 nitrogen and oxygen atoms in total. The van der Waals surface area contributed by atoms with Gasteiger partial charge in [-0.15, -0.1) is 0 Å². The molecule has 288 valence electrons. The summed E-state index contributed by atoms with van der Waals surface area (Å²) in [6.45, 7) is 4.74. The third-order valence-corrected chi connectivity index (χ3v) is 13.1. The topological polar surface area (TPSA) is 8.17 Å². The second kappa shape index (κ2) is 13.7. The van der Waals surface area contributed by atoms with Crippen molar-refractivity contribution in [3.63, 3.8) is 0 Å². The van der Waals surface area contributed by atoms with E-state index in [2.05, 4.69) is 242 Å². The van der Waals surface area contributed by atoms with Crippen LogP contribution in [0.4, 0.5) is 17.1 Å². The highest BCUT2D eigenvalue weighted by atomic mass is 15.1. The van der Waals surface area contributed by atoms with E-state index in [1.54, 1.807) is 0 Å². The summed E-state index contributed by atoms with van der Waals surface area (Å²) in [5.74, 6) is 0. The van der Waals surface area contributed by atoms with Gasteiger partial charge < -0.3 is 9.47 Å². The number of hydrogen-bond donors (Lipinski definition) is 0. The van der Waals surface area contributed by atoms with Crippen molar-refractivity contribution in [1.29, 1.82) is 0 Å². The number of rotatable bonds is 5. The Hall–Kier alpha value is -7.68. The van der Waals surface area contributed by atoms with Gasteiger partial charge in [-0.3, -0.25) is 0 Å². The summed E-state index contributed by atoms with van der Waals surface area (Å²) >= 11 is 0. The van der Waals surface area contributed by atoms with E-state index in [-0.39, 0.29) is 5.41 Å². The fourth-order valence-electron chi connectivity index (χ4n) is 10.1. The van der Waals surface area contributed by atoms with Crippen molar-refractivity contribution in [2.24, 2.45) is 0 Å². The quantitative estimate of drug-likeness (QED) is 0.169. The van der Waals surface area contributed by atoms with Crippen molar-refractivity contribution < 1.29 is 0 Å². The third-order valence-electron chi connectivity index (χ3n) is 13.1. The van der Waals surface area contributed by atoms with E-state index < -0.39 is 0 Å². The fraction of sp³-hybridized carbons (Fsp3) is 0.0508. The molecular formula is C59H42N2. The predicted molar refractivity (Wildman–Crippen MR) is 258 cm³/mol. The lowest BCUT2D eigenvalue weighted by atomic mass is 9.82. The largest absolute Gasteiger partial charge is 0.309 e. The third kappa shape index (κ3) is 5.64. The van der Waals surface area contributed by atoms with Gasteiger partial charge >= 0.3 is 0 Å². The molecule has 0 fully saturated rings. The van der Waals surface area contributed by atoms with Crippen molar-refractivity contribution in [1.82, 2.24) is 4.57 Å². The number of aromatic nitrogens is 1. The summed E-state index contributed by atoms with van der Waals surface area (Å²) in [6, 6.07) is 76.0. The Labute approximate surface area is 356 Å². The van der Waals surface area contributed by atoms with Gasteiger partial charge in [0.05, 0.1) is 22.4 Å². The second-order valence-corrected chi connectivity index (χ2v) is 17.0. The molecule has 10 aromatic rings. The van der Waals surface area contributed by atoms with Gasteiger partial charge in [0.2, 0.25) is 0 Å². The summed E-state index contributed by atoms with van der Waals surface area (Å²) in [4.78, 5) is 2.51. The van der Waals surface area contributed by atoms with Gasteiger partial charge in [0.15, 0.2) is 0 Å². The normalized spacial score (nSPS) is 13.4. The average Bonchev–Trinajstić information content (AvgIpc) is 3.69.